The summed E-state index contributed by atoms with van der Waals surface area (Å²) in [5.74, 6) is -2.25. The molecule has 4 heterocycles. The van der Waals surface area contributed by atoms with Gasteiger partial charge in [0.15, 0.2) is 5.65 Å². The molecule has 2 aliphatic rings. The van der Waals surface area contributed by atoms with Gasteiger partial charge in [0.05, 0.1) is 29.8 Å². The number of nitrogens with zero attached hydrogens (tertiary/aromatic N) is 6. The molecule has 0 aliphatic carbocycles. The van der Waals surface area contributed by atoms with Gasteiger partial charge in [-0.1, -0.05) is 6.07 Å². The summed E-state index contributed by atoms with van der Waals surface area (Å²) >= 11 is 0. The lowest BCUT2D eigenvalue weighted by Gasteiger charge is -2.34. The molecule has 2 fully saturated rings. The zero-order valence-electron chi connectivity index (χ0n) is 18.7. The van der Waals surface area contributed by atoms with E-state index in [1.54, 1.807) is 10.6 Å². The average molecular weight is 466 g/mol. The maximum Gasteiger partial charge on any atom is 0.260 e. The van der Waals surface area contributed by atoms with Gasteiger partial charge in [0.2, 0.25) is 0 Å². The molecule has 1 amide bonds. The number of hydrogen-bond acceptors (Lipinski definition) is 6. The van der Waals surface area contributed by atoms with Crippen molar-refractivity contribution in [2.45, 2.75) is 38.3 Å². The van der Waals surface area contributed by atoms with Gasteiger partial charge in [-0.2, -0.15) is 10.4 Å². The van der Waals surface area contributed by atoms with Gasteiger partial charge in [0, 0.05) is 37.5 Å². The maximum absolute atomic E-state index is 14.3. The summed E-state index contributed by atoms with van der Waals surface area (Å²) in [5, 5.41) is 24.0. The fraction of sp³-hybridized carbons (Fsp3) is 0.417. The van der Waals surface area contributed by atoms with Crippen LogP contribution in [-0.4, -0.2) is 56.2 Å². The molecule has 0 radical (unpaired) electrons. The van der Waals surface area contributed by atoms with Crippen molar-refractivity contribution in [3.8, 4) is 6.07 Å². The van der Waals surface area contributed by atoms with Crippen LogP contribution in [0.2, 0.25) is 0 Å². The lowest BCUT2D eigenvalue weighted by Crippen LogP contribution is -2.39. The summed E-state index contributed by atoms with van der Waals surface area (Å²) in [6.07, 6.45) is 3.31. The van der Waals surface area contributed by atoms with E-state index in [0.717, 1.165) is 30.5 Å². The third-order valence-electron chi connectivity index (χ3n) is 6.66. The number of β-amino-alcohol motifs (C(OH)–C–C–N with tert-alkyl or cyclic N) is 1. The van der Waals surface area contributed by atoms with Crippen molar-refractivity contribution in [3.05, 3.63) is 58.9 Å². The third kappa shape index (κ3) is 3.76. The number of piperidine rings is 1. The van der Waals surface area contributed by atoms with Gasteiger partial charge >= 0.3 is 0 Å². The number of aliphatic hydroxyl groups excluding tert-OH is 1. The minimum Gasteiger partial charge on any atom is -0.390 e. The van der Waals surface area contributed by atoms with E-state index in [2.05, 4.69) is 11.2 Å². The molecule has 10 heteroatoms. The Kier molecular flexibility index (Phi) is 5.65. The first kappa shape index (κ1) is 22.2. The average Bonchev–Trinajstić information content (AvgIpc) is 3.40. The van der Waals surface area contributed by atoms with Crippen molar-refractivity contribution >= 4 is 17.4 Å². The monoisotopic (exact) mass is 466 g/mol. The number of hydrogen-bond donors (Lipinski definition) is 1. The van der Waals surface area contributed by atoms with Crippen LogP contribution in [0.4, 0.5) is 14.6 Å². The molecule has 3 unspecified atom stereocenters. The second-order valence-electron chi connectivity index (χ2n) is 8.93. The molecule has 3 aromatic rings. The van der Waals surface area contributed by atoms with E-state index in [1.807, 2.05) is 18.0 Å². The van der Waals surface area contributed by atoms with E-state index in [-0.39, 0.29) is 0 Å². The first-order chi connectivity index (χ1) is 16.4. The van der Waals surface area contributed by atoms with Crippen LogP contribution >= 0.6 is 0 Å². The second-order valence-corrected chi connectivity index (χ2v) is 8.93. The summed E-state index contributed by atoms with van der Waals surface area (Å²) in [4.78, 5) is 21.2. The predicted octanol–water partition coefficient (Wildman–Crippen LogP) is 3.00. The van der Waals surface area contributed by atoms with Gasteiger partial charge in [-0.05, 0) is 38.3 Å². The Bertz CT molecular complexity index is 1280. The molecule has 3 atom stereocenters. The largest absolute Gasteiger partial charge is 0.390 e. The number of aliphatic hydroxyl groups is 1. The molecule has 0 bridgehead atoms. The van der Waals surface area contributed by atoms with Crippen LogP contribution in [0.5, 0.6) is 0 Å². The number of halogens is 2. The van der Waals surface area contributed by atoms with Gasteiger partial charge in [-0.3, -0.25) is 4.79 Å². The maximum atomic E-state index is 14.3. The highest BCUT2D eigenvalue weighted by atomic mass is 19.1. The van der Waals surface area contributed by atoms with Gasteiger partial charge in [0.1, 0.15) is 23.0 Å². The van der Waals surface area contributed by atoms with Gasteiger partial charge in [-0.25, -0.2) is 18.3 Å². The van der Waals surface area contributed by atoms with Crippen molar-refractivity contribution in [1.82, 2.24) is 19.5 Å². The minimum absolute atomic E-state index is 0.322. The van der Waals surface area contributed by atoms with Crippen LogP contribution in [0.15, 0.2) is 30.5 Å². The summed E-state index contributed by atoms with van der Waals surface area (Å²) in [6.45, 7) is 2.97. The molecule has 1 N–H and O–H groups in total. The molecule has 34 heavy (non-hydrogen) atoms. The fourth-order valence-corrected chi connectivity index (χ4v) is 4.92. The Labute approximate surface area is 195 Å². The summed E-state index contributed by atoms with van der Waals surface area (Å²) in [5.41, 5.74) is 1.44. The minimum atomic E-state index is -0.880. The lowest BCUT2D eigenvalue weighted by atomic mass is 9.98. The summed E-state index contributed by atoms with van der Waals surface area (Å²) in [6, 6.07) is 6.89. The van der Waals surface area contributed by atoms with Crippen molar-refractivity contribution in [2.75, 3.05) is 24.5 Å². The summed E-state index contributed by atoms with van der Waals surface area (Å²) in [7, 11) is 0. The number of aryl methyl sites for hydroxylation is 1. The first-order valence-electron chi connectivity index (χ1n) is 11.3. The molecule has 2 aromatic heterocycles. The van der Waals surface area contributed by atoms with Crippen molar-refractivity contribution in [3.63, 3.8) is 0 Å². The SMILES string of the molecule is Cc1cn2nc(C3CCCCN3C(=O)c3c(F)cccc3F)cc2nc1N1CC(O)C(C#N)C1. The Hall–Kier alpha value is -3.58. The smallest absolute Gasteiger partial charge is 0.260 e. The molecule has 2 aliphatic heterocycles. The van der Waals surface area contributed by atoms with E-state index in [9.17, 15) is 23.9 Å². The van der Waals surface area contributed by atoms with Gasteiger partial charge in [0.25, 0.3) is 5.91 Å². The van der Waals surface area contributed by atoms with Crippen molar-refractivity contribution in [1.29, 1.82) is 5.26 Å². The van der Waals surface area contributed by atoms with E-state index < -0.39 is 41.2 Å². The van der Waals surface area contributed by atoms with Gasteiger partial charge < -0.3 is 14.9 Å². The highest BCUT2D eigenvalue weighted by Gasteiger charge is 2.35. The molecule has 0 spiro atoms. The van der Waals surface area contributed by atoms with Crippen LogP contribution in [0.1, 0.15) is 46.9 Å². The zero-order valence-corrected chi connectivity index (χ0v) is 18.7. The van der Waals surface area contributed by atoms with Crippen LogP contribution in [0, 0.1) is 35.8 Å². The molecular formula is C24H24F2N6O2. The van der Waals surface area contributed by atoms with E-state index >= 15 is 0 Å². The number of anilines is 1. The van der Waals surface area contributed by atoms with Crippen LogP contribution in [0.25, 0.3) is 5.65 Å². The number of benzene rings is 1. The lowest BCUT2D eigenvalue weighted by molar-refractivity contribution is 0.0595. The Morgan fingerprint density at radius 2 is 2.00 bits per heavy atom. The number of fused-ring (bicyclic) bond motifs is 1. The third-order valence-corrected chi connectivity index (χ3v) is 6.66. The van der Waals surface area contributed by atoms with Crippen molar-refractivity contribution < 1.29 is 18.7 Å². The number of nitriles is 1. The number of rotatable bonds is 3. The number of aromatic nitrogens is 3. The first-order valence-corrected chi connectivity index (χ1v) is 11.3. The van der Waals surface area contributed by atoms with Crippen LogP contribution in [0.3, 0.4) is 0 Å². The topological polar surface area (TPSA) is 97.8 Å². The quantitative estimate of drug-likeness (QED) is 0.637. The molecule has 1 aromatic carbocycles. The van der Waals surface area contributed by atoms with Crippen molar-refractivity contribution in [2.24, 2.45) is 5.92 Å². The fourth-order valence-electron chi connectivity index (χ4n) is 4.92. The number of carbonyl (C=O) groups is 1. The van der Waals surface area contributed by atoms with Crippen LogP contribution in [-0.2, 0) is 0 Å². The molecular weight excluding hydrogens is 442 g/mol. The molecule has 5 rings (SSSR count). The number of likely N-dealkylation sites (tertiary alicyclic amines) is 1. The summed E-state index contributed by atoms with van der Waals surface area (Å²) < 4.78 is 30.2. The van der Waals surface area contributed by atoms with Crippen LogP contribution < -0.4 is 4.90 Å². The highest BCUT2D eigenvalue weighted by Crippen LogP contribution is 2.33. The number of amides is 1. The van der Waals surface area contributed by atoms with E-state index in [0.29, 0.717) is 43.2 Å². The highest BCUT2D eigenvalue weighted by molar-refractivity contribution is 5.95. The standard InChI is InChI=1S/C24H24F2N6O2/c1-14-11-32-21(28-23(14)30-12-15(10-27)20(33)13-30)9-18(29-32)19-7-2-3-8-31(19)24(34)22-16(25)5-4-6-17(22)26/h4-6,9,11,15,19-20,33H,2-3,7-8,12-13H2,1H3. The zero-order chi connectivity index (χ0) is 24.0. The van der Waals surface area contributed by atoms with E-state index in [4.69, 9.17) is 4.98 Å². The Morgan fingerprint density at radius 3 is 2.71 bits per heavy atom. The molecule has 2 saturated heterocycles. The molecule has 176 valence electrons. The Morgan fingerprint density at radius 1 is 1.24 bits per heavy atom. The predicted molar refractivity (Wildman–Crippen MR) is 119 cm³/mol. The Balaban J connectivity index is 1.48. The molecule has 0 saturated carbocycles. The second kappa shape index (κ2) is 8.65. The normalized spacial score (nSPS) is 22.9. The number of carbonyl (C=O) groups excluding carboxylic acids is 1. The van der Waals surface area contributed by atoms with E-state index in [1.165, 1.54) is 11.0 Å². The molecule has 8 nitrogen and oxygen atoms in total. The van der Waals surface area contributed by atoms with Gasteiger partial charge in [-0.15, -0.1) is 0 Å².